The van der Waals surface area contributed by atoms with E-state index in [1.807, 2.05) is 0 Å². The second kappa shape index (κ2) is 5.52. The van der Waals surface area contributed by atoms with E-state index in [4.69, 9.17) is 9.31 Å². The number of carboxylic acid groups (broad SMARTS) is 1. The second-order valence-electron chi connectivity index (χ2n) is 3.84. The van der Waals surface area contributed by atoms with E-state index < -0.39 is 16.6 Å². The van der Waals surface area contributed by atoms with Crippen molar-refractivity contribution in [1.82, 2.24) is 4.98 Å². The van der Waals surface area contributed by atoms with E-state index in [1.54, 1.807) is 7.48 Å². The van der Waals surface area contributed by atoms with E-state index >= 15 is 0 Å². The number of aliphatic imine (C=N–C) groups is 1. The van der Waals surface area contributed by atoms with Gasteiger partial charge in [-0.15, -0.1) is 0 Å². The maximum Gasteiger partial charge on any atom is 1.00 e. The SMILES string of the molecule is O=C([O-])c1cnc(/N=C2/OB2C2[B]O2)c([N+](=O)[O-])c1.[Na+]. The molecule has 0 saturated carbocycles. The zero-order valence-corrected chi connectivity index (χ0v) is 12.2. The monoisotopic (exact) mass is 282 g/mol. The van der Waals surface area contributed by atoms with Gasteiger partial charge in [0.15, 0.2) is 5.80 Å². The molecule has 20 heavy (non-hydrogen) atoms. The molecule has 12 heteroatoms. The molecular weight excluding hydrogens is 279 g/mol. The third kappa shape index (κ3) is 3.01. The van der Waals surface area contributed by atoms with Gasteiger partial charge in [0.1, 0.15) is 0 Å². The van der Waals surface area contributed by atoms with Crippen LogP contribution in [-0.2, 0) is 9.31 Å². The van der Waals surface area contributed by atoms with Crippen molar-refractivity contribution in [3.8, 4) is 0 Å². The number of nitrogens with zero attached hydrogens (tertiary/aromatic N) is 3. The minimum Gasteiger partial charge on any atom is -0.545 e. The van der Waals surface area contributed by atoms with Gasteiger partial charge in [-0.25, -0.2) is 4.98 Å². The fourth-order valence-corrected chi connectivity index (χ4v) is 1.46. The summed E-state index contributed by atoms with van der Waals surface area (Å²) in [6.07, 6.45) is 0.943. The summed E-state index contributed by atoms with van der Waals surface area (Å²) in [5.41, 5.74) is -0.910. The Labute approximate surface area is 135 Å². The zero-order valence-electron chi connectivity index (χ0n) is 10.2. The Morgan fingerprint density at radius 2 is 2.30 bits per heavy atom. The molecule has 1 unspecified atom stereocenters. The normalized spacial score (nSPS) is 20.5. The van der Waals surface area contributed by atoms with Crippen molar-refractivity contribution >= 4 is 37.7 Å². The Hall–Kier alpha value is -1.42. The van der Waals surface area contributed by atoms with Gasteiger partial charge in [-0.3, -0.25) is 10.1 Å². The number of carboxylic acids is 1. The van der Waals surface area contributed by atoms with Crippen LogP contribution >= 0.6 is 0 Å². The molecule has 9 nitrogen and oxygen atoms in total. The molecule has 2 fully saturated rings. The summed E-state index contributed by atoms with van der Waals surface area (Å²) in [6.45, 7) is -0.331. The summed E-state index contributed by atoms with van der Waals surface area (Å²) in [6, 6.07) is 0.846. The Bertz CT molecular complexity index is 622. The Morgan fingerprint density at radius 1 is 1.60 bits per heavy atom. The molecule has 0 amide bonds. The summed E-state index contributed by atoms with van der Waals surface area (Å²) in [5.74, 6) is -1.65. The summed E-state index contributed by atoms with van der Waals surface area (Å²) in [4.78, 5) is 28.2. The predicted molar refractivity (Wildman–Crippen MR) is 59.8 cm³/mol. The quantitative estimate of drug-likeness (QED) is 0.235. The molecule has 1 aromatic rings. The average Bonchev–Trinajstić information content (AvgIpc) is 3.22. The molecule has 3 rings (SSSR count). The number of rotatable bonds is 4. The number of pyridine rings is 1. The first kappa shape index (κ1) is 15.0. The van der Waals surface area contributed by atoms with Crippen LogP contribution in [0.5, 0.6) is 0 Å². The number of carbonyl (C=O) groups excluding carboxylic acids is 1. The van der Waals surface area contributed by atoms with Gasteiger partial charge in [0.25, 0.3) is 0 Å². The number of hydrogen-bond donors (Lipinski definition) is 0. The first-order valence-electron chi connectivity index (χ1n) is 5.16. The van der Waals surface area contributed by atoms with Gasteiger partial charge in [0.05, 0.1) is 16.8 Å². The van der Waals surface area contributed by atoms with Crippen LogP contribution < -0.4 is 34.7 Å². The fraction of sp³-hybridized carbons (Fsp3) is 0.125. The molecular formula is C8H3B2N3NaO6. The fourth-order valence-electron chi connectivity index (χ4n) is 1.46. The number of hydrogen-bond acceptors (Lipinski definition) is 8. The largest absolute Gasteiger partial charge is 1.00 e. The molecule has 0 aromatic carbocycles. The Kier molecular flexibility index (Phi) is 4.14. The molecule has 1 radical (unpaired) electrons. The van der Waals surface area contributed by atoms with Crippen molar-refractivity contribution in [3.05, 3.63) is 27.9 Å². The number of carbonyl (C=O) groups is 1. The Morgan fingerprint density at radius 3 is 2.85 bits per heavy atom. The number of nitro groups is 1. The van der Waals surface area contributed by atoms with Crippen molar-refractivity contribution in [2.45, 2.75) is 5.90 Å². The van der Waals surface area contributed by atoms with Crippen LogP contribution in [-0.4, -0.2) is 42.0 Å². The second-order valence-corrected chi connectivity index (χ2v) is 3.84. The molecule has 0 spiro atoms. The maximum absolute atomic E-state index is 10.8. The van der Waals surface area contributed by atoms with E-state index in [9.17, 15) is 20.0 Å². The zero-order chi connectivity index (χ0) is 13.6. The van der Waals surface area contributed by atoms with E-state index in [1.165, 1.54) is 0 Å². The topological polar surface area (TPSA) is 134 Å². The third-order valence-corrected chi connectivity index (χ3v) is 2.52. The van der Waals surface area contributed by atoms with Crippen molar-refractivity contribution < 1.29 is 53.7 Å². The van der Waals surface area contributed by atoms with Gasteiger partial charge in [-0.2, -0.15) is 4.99 Å². The molecule has 2 saturated heterocycles. The Balaban J connectivity index is 0.00000147. The smallest absolute Gasteiger partial charge is 0.545 e. The average molecular weight is 282 g/mol. The maximum atomic E-state index is 10.8. The minimum atomic E-state index is -1.55. The van der Waals surface area contributed by atoms with Crippen molar-refractivity contribution in [3.63, 3.8) is 0 Å². The molecule has 3 heterocycles. The van der Waals surface area contributed by atoms with Crippen LogP contribution in [0.25, 0.3) is 0 Å². The van der Waals surface area contributed by atoms with E-state index in [0.29, 0.717) is 0 Å². The minimum absolute atomic E-state index is 0. The molecule has 0 aliphatic carbocycles. The van der Waals surface area contributed by atoms with Crippen molar-refractivity contribution in [2.75, 3.05) is 0 Å². The number of aromatic carboxylic acids is 1. The third-order valence-electron chi connectivity index (χ3n) is 2.52. The number of aromatic nitrogens is 1. The van der Waals surface area contributed by atoms with Crippen LogP contribution in [0, 0.1) is 10.1 Å². The van der Waals surface area contributed by atoms with Crippen LogP contribution in [0.4, 0.5) is 11.5 Å². The van der Waals surface area contributed by atoms with E-state index in [2.05, 4.69) is 9.98 Å². The van der Waals surface area contributed by atoms with Gasteiger partial charge in [-0.05, 0) is 0 Å². The first-order chi connectivity index (χ1) is 9.06. The summed E-state index contributed by atoms with van der Waals surface area (Å²) in [5, 5.41) is 21.5. The molecule has 0 N–H and O–H groups in total. The van der Waals surface area contributed by atoms with Gasteiger partial charge in [0, 0.05) is 17.8 Å². The van der Waals surface area contributed by atoms with Crippen LogP contribution in [0.1, 0.15) is 10.4 Å². The summed E-state index contributed by atoms with van der Waals surface area (Å²) >= 11 is 0. The predicted octanol–water partition coefficient (Wildman–Crippen LogP) is -4.54. The molecule has 1 aromatic heterocycles. The molecule has 2 aliphatic rings. The van der Waals surface area contributed by atoms with Crippen molar-refractivity contribution in [2.24, 2.45) is 4.99 Å². The summed E-state index contributed by atoms with van der Waals surface area (Å²) in [7, 11) is 1.55. The van der Waals surface area contributed by atoms with Crippen LogP contribution in [0.2, 0.25) is 0 Å². The van der Waals surface area contributed by atoms with Gasteiger partial charge >= 0.3 is 49.6 Å². The first-order valence-corrected chi connectivity index (χ1v) is 5.16. The van der Waals surface area contributed by atoms with Crippen molar-refractivity contribution in [1.29, 1.82) is 0 Å². The van der Waals surface area contributed by atoms with Gasteiger partial charge < -0.3 is 19.2 Å². The van der Waals surface area contributed by atoms with Gasteiger partial charge in [0.2, 0.25) is 5.82 Å². The molecule has 1 atom stereocenters. The van der Waals surface area contributed by atoms with E-state index in [0.717, 1.165) is 12.3 Å². The van der Waals surface area contributed by atoms with Crippen LogP contribution in [0.15, 0.2) is 17.3 Å². The van der Waals surface area contributed by atoms with E-state index in [-0.39, 0.29) is 59.6 Å². The standard InChI is InChI=1S/C8H4B2N3O6.Na/c14-6(15)3-1-4(13(16)17)5(11-2-3)12-8-10(19-8)7-9-18-7;/h1-2,7H,(H,14,15);/q;+1/p-1/b12-8+;. The molecule has 2 aliphatic heterocycles. The molecule has 93 valence electrons. The molecule has 0 bridgehead atoms. The van der Waals surface area contributed by atoms with Gasteiger partial charge in [-0.1, -0.05) is 0 Å². The summed E-state index contributed by atoms with van der Waals surface area (Å²) < 4.78 is 9.92. The van der Waals surface area contributed by atoms with Crippen LogP contribution in [0.3, 0.4) is 0 Å².